The third-order valence-corrected chi connectivity index (χ3v) is 10.2. The molecule has 0 radical (unpaired) electrons. The van der Waals surface area contributed by atoms with Crippen molar-refractivity contribution >= 4 is 90.2 Å². The van der Waals surface area contributed by atoms with Crippen LogP contribution in [0.5, 0.6) is 11.5 Å². The van der Waals surface area contributed by atoms with Gasteiger partial charge in [0.15, 0.2) is 23.1 Å². The summed E-state index contributed by atoms with van der Waals surface area (Å²) in [6.07, 6.45) is 3.82. The lowest BCUT2D eigenvalue weighted by Gasteiger charge is -2.42. The molecule has 0 aromatic heterocycles. The zero-order valence-electron chi connectivity index (χ0n) is 20.4. The van der Waals surface area contributed by atoms with Gasteiger partial charge in [0.05, 0.1) is 32.7 Å². The summed E-state index contributed by atoms with van der Waals surface area (Å²) >= 11 is 7.42. The van der Waals surface area contributed by atoms with E-state index in [4.69, 9.17) is 4.74 Å². The van der Waals surface area contributed by atoms with E-state index in [1.165, 1.54) is 18.1 Å². The maximum Gasteiger partial charge on any atom is 0.238 e. The number of fused-ring (bicyclic) bond motifs is 3. The maximum absolute atomic E-state index is 13.9. The predicted octanol–water partition coefficient (Wildman–Crippen LogP) is 5.58. The third-order valence-electron chi connectivity index (χ3n) is 8.02. The van der Waals surface area contributed by atoms with Crippen LogP contribution in [0.3, 0.4) is 0 Å². The zero-order valence-corrected chi connectivity index (χ0v) is 26.3. The normalized spacial score (nSPS) is 26.2. The molecule has 6 rings (SSSR count). The predicted molar refractivity (Wildman–Crippen MR) is 164 cm³/mol. The number of phenols is 1. The van der Waals surface area contributed by atoms with E-state index in [-0.39, 0.29) is 45.8 Å². The van der Waals surface area contributed by atoms with Crippen LogP contribution in [0.15, 0.2) is 69.8 Å². The zero-order chi connectivity index (χ0) is 27.7. The van der Waals surface area contributed by atoms with Crippen molar-refractivity contribution in [2.24, 2.45) is 17.8 Å². The highest BCUT2D eigenvalue weighted by molar-refractivity contribution is 14.1. The molecule has 2 amide bonds. The average Bonchev–Trinajstić information content (AvgIpc) is 3.18. The Morgan fingerprint density at radius 2 is 1.74 bits per heavy atom. The average molecular weight is 812 g/mol. The minimum absolute atomic E-state index is 0.0143. The second kappa shape index (κ2) is 9.95. The summed E-state index contributed by atoms with van der Waals surface area (Å²) in [5.74, 6) is -3.12. The van der Waals surface area contributed by atoms with Gasteiger partial charge in [-0.15, -0.1) is 0 Å². The first-order chi connectivity index (χ1) is 18.6. The lowest BCUT2D eigenvalue weighted by atomic mass is 9.59. The van der Waals surface area contributed by atoms with Crippen LogP contribution >= 0.6 is 61.1 Å². The van der Waals surface area contributed by atoms with E-state index in [2.05, 4.69) is 38.5 Å². The van der Waals surface area contributed by atoms with Crippen molar-refractivity contribution < 1.29 is 29.0 Å². The first kappa shape index (κ1) is 26.9. The summed E-state index contributed by atoms with van der Waals surface area (Å²) in [4.78, 5) is 55.6. The number of imide groups is 1. The van der Waals surface area contributed by atoms with Gasteiger partial charge in [0.2, 0.25) is 11.8 Å². The second-order valence-electron chi connectivity index (χ2n) is 9.94. The van der Waals surface area contributed by atoms with Crippen molar-refractivity contribution in [3.8, 4) is 11.5 Å². The van der Waals surface area contributed by atoms with Gasteiger partial charge in [0.25, 0.3) is 0 Å². The van der Waals surface area contributed by atoms with Gasteiger partial charge in [0, 0.05) is 26.7 Å². The Morgan fingerprint density at radius 3 is 2.44 bits per heavy atom. The number of allylic oxidation sites excluding steroid dienone is 6. The van der Waals surface area contributed by atoms with E-state index < -0.39 is 23.7 Å². The monoisotopic (exact) mass is 811 g/mol. The number of methoxy groups -OCH3 is 1. The molecular weight excluding hydrogens is 792 g/mol. The standard InChI is InChI=1S/C29H20BrI2NO6/c1-39-22-9-12(8-20(32)27(22)36)23-15-6-7-16-24(17(15)10-18-25(23)21(34)11-19(30)26(18)35)29(38)33(28(16)37)14-4-2-13(31)3-5-14/h2-6,8-9,11,16-17,23-24,36H,7,10H2,1H3/t16-,17+,23-,24-/m0/s1. The largest absolute Gasteiger partial charge is 0.504 e. The first-order valence-corrected chi connectivity index (χ1v) is 15.2. The highest BCUT2D eigenvalue weighted by Crippen LogP contribution is 2.56. The number of carbonyl (C=O) groups is 4. The minimum atomic E-state index is -0.654. The number of phenolic OH excluding ortho intramolecular Hbond substituents is 1. The van der Waals surface area contributed by atoms with Gasteiger partial charge in [-0.05, 0) is 122 Å². The SMILES string of the molecule is COc1cc([C@H]2C3=CC[C@@H]4C(=O)N(c5ccc(I)cc5)C(=O)[C@@H]4[C@@H]3CC3=C2C(=O)C=C(Br)C3=O)cc(I)c1O. The molecule has 0 spiro atoms. The first-order valence-electron chi connectivity index (χ1n) is 12.2. The lowest BCUT2D eigenvalue weighted by Crippen LogP contribution is -2.39. The Balaban J connectivity index is 1.51. The molecule has 3 aliphatic carbocycles. The fourth-order valence-electron chi connectivity index (χ4n) is 6.35. The molecule has 10 heteroatoms. The Bertz CT molecular complexity index is 1590. The van der Waals surface area contributed by atoms with Crippen molar-refractivity contribution in [1.82, 2.24) is 0 Å². The summed E-state index contributed by atoms with van der Waals surface area (Å²) in [6, 6.07) is 10.7. The van der Waals surface area contributed by atoms with Crippen LogP contribution in [0.1, 0.15) is 24.3 Å². The van der Waals surface area contributed by atoms with E-state index in [0.29, 0.717) is 32.4 Å². The van der Waals surface area contributed by atoms with Crippen molar-refractivity contribution in [2.45, 2.75) is 18.8 Å². The Labute approximate surface area is 259 Å². The molecule has 0 unspecified atom stereocenters. The number of carbonyl (C=O) groups excluding carboxylic acids is 4. The molecular formula is C29H20BrI2NO6. The number of ether oxygens (including phenoxy) is 1. The maximum atomic E-state index is 13.9. The number of rotatable bonds is 3. The summed E-state index contributed by atoms with van der Waals surface area (Å²) in [5, 5.41) is 10.5. The van der Waals surface area contributed by atoms with Gasteiger partial charge in [-0.3, -0.25) is 24.1 Å². The van der Waals surface area contributed by atoms with E-state index in [1.54, 1.807) is 24.3 Å². The van der Waals surface area contributed by atoms with Gasteiger partial charge in [0.1, 0.15) is 0 Å². The van der Waals surface area contributed by atoms with Gasteiger partial charge >= 0.3 is 0 Å². The van der Waals surface area contributed by atoms with Crippen LogP contribution in [-0.4, -0.2) is 35.6 Å². The molecule has 1 heterocycles. The number of nitrogens with zero attached hydrogens (tertiary/aromatic N) is 1. The number of benzene rings is 2. The number of hydrogen-bond donors (Lipinski definition) is 1. The molecule has 39 heavy (non-hydrogen) atoms. The van der Waals surface area contributed by atoms with Crippen molar-refractivity contribution in [2.75, 3.05) is 12.0 Å². The molecule has 2 aromatic rings. The molecule has 198 valence electrons. The molecule has 4 atom stereocenters. The van der Waals surface area contributed by atoms with Crippen LogP contribution in [-0.2, 0) is 19.2 Å². The molecule has 0 saturated carbocycles. The van der Waals surface area contributed by atoms with E-state index in [9.17, 15) is 24.3 Å². The number of aromatic hydroxyl groups is 1. The molecule has 1 fully saturated rings. The Hall–Kier alpha value is -2.32. The van der Waals surface area contributed by atoms with Crippen LogP contribution in [0.4, 0.5) is 5.69 Å². The molecule has 1 N–H and O–H groups in total. The van der Waals surface area contributed by atoms with Gasteiger partial charge in [-0.2, -0.15) is 0 Å². The molecule has 1 aliphatic heterocycles. The quantitative estimate of drug-likeness (QED) is 0.188. The van der Waals surface area contributed by atoms with E-state index in [0.717, 1.165) is 9.14 Å². The number of hydrogen-bond acceptors (Lipinski definition) is 6. The third kappa shape index (κ3) is 4.16. The summed E-state index contributed by atoms with van der Waals surface area (Å²) in [7, 11) is 1.45. The van der Waals surface area contributed by atoms with E-state index >= 15 is 0 Å². The van der Waals surface area contributed by atoms with Crippen molar-refractivity contribution in [3.63, 3.8) is 0 Å². The highest BCUT2D eigenvalue weighted by atomic mass is 127. The Morgan fingerprint density at radius 1 is 1.03 bits per heavy atom. The van der Waals surface area contributed by atoms with Crippen LogP contribution in [0.2, 0.25) is 0 Å². The van der Waals surface area contributed by atoms with E-state index in [1.807, 2.05) is 40.8 Å². The number of halogens is 3. The molecule has 0 bridgehead atoms. The fraction of sp³-hybridized carbons (Fsp3) is 0.241. The van der Waals surface area contributed by atoms with Gasteiger partial charge in [-0.25, -0.2) is 0 Å². The van der Waals surface area contributed by atoms with Crippen LogP contribution < -0.4 is 9.64 Å². The Kier molecular flexibility index (Phi) is 6.86. The number of ketones is 2. The molecule has 1 saturated heterocycles. The molecule has 2 aromatic carbocycles. The second-order valence-corrected chi connectivity index (χ2v) is 13.2. The van der Waals surface area contributed by atoms with Crippen molar-refractivity contribution in [1.29, 1.82) is 0 Å². The fourth-order valence-corrected chi connectivity index (χ4v) is 7.78. The summed E-state index contributed by atoms with van der Waals surface area (Å²) in [5.41, 5.74) is 2.78. The number of amides is 2. The van der Waals surface area contributed by atoms with Gasteiger partial charge < -0.3 is 9.84 Å². The van der Waals surface area contributed by atoms with Gasteiger partial charge in [-0.1, -0.05) is 11.6 Å². The van der Waals surface area contributed by atoms with Crippen LogP contribution in [0, 0.1) is 24.9 Å². The molecule has 7 nitrogen and oxygen atoms in total. The molecule has 4 aliphatic rings. The topological polar surface area (TPSA) is 101 Å². The number of anilines is 1. The number of Topliss-reactive ketones (excluding diaryl/α,β-unsaturated/α-hetero) is 1. The summed E-state index contributed by atoms with van der Waals surface area (Å²) in [6.45, 7) is 0. The van der Waals surface area contributed by atoms with Crippen LogP contribution in [0.25, 0.3) is 0 Å². The smallest absolute Gasteiger partial charge is 0.238 e. The highest BCUT2D eigenvalue weighted by Gasteiger charge is 2.56. The summed E-state index contributed by atoms with van der Waals surface area (Å²) < 4.78 is 7.10. The minimum Gasteiger partial charge on any atom is -0.504 e. The lowest BCUT2D eigenvalue weighted by molar-refractivity contribution is -0.123. The van der Waals surface area contributed by atoms with Crippen molar-refractivity contribution in [3.05, 3.63) is 82.5 Å².